The van der Waals surface area contributed by atoms with Crippen molar-refractivity contribution in [3.05, 3.63) is 22.7 Å². The quantitative estimate of drug-likeness (QED) is 0.817. The molecule has 0 amide bonds. The Kier molecular flexibility index (Phi) is 2.84. The van der Waals surface area contributed by atoms with E-state index in [4.69, 9.17) is 0 Å². The van der Waals surface area contributed by atoms with Gasteiger partial charge in [0.15, 0.2) is 0 Å². The Balaban J connectivity index is 1.58. The molecule has 17 heavy (non-hydrogen) atoms. The van der Waals surface area contributed by atoms with Crippen LogP contribution in [0.4, 0.5) is 5.82 Å². The third-order valence-electron chi connectivity index (χ3n) is 3.57. The fourth-order valence-electron chi connectivity index (χ4n) is 2.36. The highest BCUT2D eigenvalue weighted by atomic mass is 16.1. The zero-order valence-corrected chi connectivity index (χ0v) is 9.93. The average Bonchev–Trinajstić information content (AvgIpc) is 3.14. The second kappa shape index (κ2) is 4.49. The molecule has 1 aliphatic heterocycles. The molecule has 1 aromatic rings. The summed E-state index contributed by atoms with van der Waals surface area (Å²) in [5, 5.41) is 0. The molecule has 0 radical (unpaired) electrons. The van der Waals surface area contributed by atoms with Crippen LogP contribution in [-0.2, 0) is 0 Å². The number of nitrogens with zero attached hydrogens (tertiary/aromatic N) is 3. The lowest BCUT2D eigenvalue weighted by molar-refractivity contribution is 0.247. The molecule has 0 bridgehead atoms. The number of hydrogen-bond donors (Lipinski definition) is 1. The van der Waals surface area contributed by atoms with Crippen LogP contribution < -0.4 is 10.5 Å². The Labute approximate surface area is 100 Å². The summed E-state index contributed by atoms with van der Waals surface area (Å²) in [5.41, 5.74) is -0.0737. The number of anilines is 1. The number of aromatic amines is 1. The number of aromatic nitrogens is 2. The normalized spacial score (nSPS) is 21.8. The van der Waals surface area contributed by atoms with E-state index in [1.807, 2.05) is 0 Å². The van der Waals surface area contributed by atoms with Gasteiger partial charge in [-0.25, -0.2) is 4.98 Å². The number of nitrogens with one attached hydrogen (secondary N) is 1. The number of rotatable bonds is 3. The highest BCUT2D eigenvalue weighted by Crippen LogP contribution is 2.30. The van der Waals surface area contributed by atoms with E-state index in [0.717, 1.165) is 37.9 Å². The van der Waals surface area contributed by atoms with Crippen LogP contribution in [0, 0.1) is 5.92 Å². The third kappa shape index (κ3) is 2.66. The molecule has 0 spiro atoms. The van der Waals surface area contributed by atoms with Gasteiger partial charge < -0.3 is 9.88 Å². The van der Waals surface area contributed by atoms with Crippen molar-refractivity contribution >= 4 is 5.82 Å². The maximum Gasteiger partial charge on any atom is 0.252 e. The van der Waals surface area contributed by atoms with Gasteiger partial charge in [-0.2, -0.15) is 0 Å². The largest absolute Gasteiger partial charge is 0.354 e. The summed E-state index contributed by atoms with van der Waals surface area (Å²) in [5.74, 6) is 1.76. The first-order chi connectivity index (χ1) is 8.31. The van der Waals surface area contributed by atoms with Crippen LogP contribution in [0.1, 0.15) is 12.8 Å². The molecule has 0 unspecified atom stereocenters. The summed E-state index contributed by atoms with van der Waals surface area (Å²) in [6.45, 7) is 5.39. The third-order valence-corrected chi connectivity index (χ3v) is 3.57. The smallest absolute Gasteiger partial charge is 0.252 e. The number of H-pyrrole nitrogens is 1. The molecular formula is C12H18N4O. The van der Waals surface area contributed by atoms with Crippen molar-refractivity contribution in [2.24, 2.45) is 5.92 Å². The fourth-order valence-corrected chi connectivity index (χ4v) is 2.36. The van der Waals surface area contributed by atoms with Crippen molar-refractivity contribution < 1.29 is 0 Å². The van der Waals surface area contributed by atoms with Crippen molar-refractivity contribution in [1.82, 2.24) is 14.9 Å². The van der Waals surface area contributed by atoms with Gasteiger partial charge in [-0.1, -0.05) is 0 Å². The lowest BCUT2D eigenvalue weighted by atomic mass is 10.3. The molecule has 1 N–H and O–H groups in total. The average molecular weight is 234 g/mol. The molecule has 1 aromatic heterocycles. The van der Waals surface area contributed by atoms with Gasteiger partial charge in [-0.15, -0.1) is 0 Å². The summed E-state index contributed by atoms with van der Waals surface area (Å²) in [6.07, 6.45) is 4.31. The first-order valence-electron chi connectivity index (χ1n) is 6.33. The van der Waals surface area contributed by atoms with Crippen LogP contribution in [0.3, 0.4) is 0 Å². The molecule has 1 saturated carbocycles. The zero-order valence-electron chi connectivity index (χ0n) is 9.93. The minimum Gasteiger partial charge on any atom is -0.354 e. The van der Waals surface area contributed by atoms with Crippen molar-refractivity contribution in [3.63, 3.8) is 0 Å². The molecule has 5 nitrogen and oxygen atoms in total. The first-order valence-corrected chi connectivity index (χ1v) is 6.33. The molecule has 92 valence electrons. The predicted octanol–water partition coefficient (Wildman–Crippen LogP) is 0.302. The van der Waals surface area contributed by atoms with Crippen LogP contribution in [0.5, 0.6) is 0 Å². The summed E-state index contributed by atoms with van der Waals surface area (Å²) in [6, 6.07) is 1.58. The van der Waals surface area contributed by atoms with E-state index in [-0.39, 0.29) is 5.56 Å². The minimum atomic E-state index is -0.0737. The number of hydrogen-bond acceptors (Lipinski definition) is 4. The second-order valence-corrected chi connectivity index (χ2v) is 5.00. The molecule has 2 heterocycles. The van der Waals surface area contributed by atoms with Crippen LogP contribution in [-0.4, -0.2) is 47.6 Å². The Hall–Kier alpha value is -1.36. The van der Waals surface area contributed by atoms with E-state index in [9.17, 15) is 4.79 Å². The SMILES string of the molecule is O=c1cc(N2CCN(CC3CC3)CC2)nc[nH]1. The Morgan fingerprint density at radius 1 is 1.29 bits per heavy atom. The lowest BCUT2D eigenvalue weighted by Crippen LogP contribution is -2.47. The van der Waals surface area contributed by atoms with Crippen molar-refractivity contribution in [2.45, 2.75) is 12.8 Å². The van der Waals surface area contributed by atoms with Gasteiger partial charge in [-0.3, -0.25) is 9.69 Å². The molecule has 0 atom stereocenters. The Morgan fingerprint density at radius 2 is 2.06 bits per heavy atom. The maximum absolute atomic E-state index is 11.2. The topological polar surface area (TPSA) is 52.2 Å². The lowest BCUT2D eigenvalue weighted by Gasteiger charge is -2.35. The van der Waals surface area contributed by atoms with Crippen LogP contribution in [0.2, 0.25) is 0 Å². The minimum absolute atomic E-state index is 0.0737. The van der Waals surface area contributed by atoms with Crippen molar-refractivity contribution in [3.8, 4) is 0 Å². The van der Waals surface area contributed by atoms with Crippen LogP contribution >= 0.6 is 0 Å². The molecule has 2 fully saturated rings. The maximum atomic E-state index is 11.2. The molecule has 1 aliphatic carbocycles. The predicted molar refractivity (Wildman–Crippen MR) is 66.2 cm³/mol. The highest BCUT2D eigenvalue weighted by molar-refractivity contribution is 5.36. The number of piperazine rings is 1. The van der Waals surface area contributed by atoms with Gasteiger partial charge in [0.2, 0.25) is 0 Å². The van der Waals surface area contributed by atoms with Gasteiger partial charge in [0, 0.05) is 38.8 Å². The van der Waals surface area contributed by atoms with Gasteiger partial charge in [0.25, 0.3) is 5.56 Å². The van der Waals surface area contributed by atoms with E-state index >= 15 is 0 Å². The molecule has 3 rings (SSSR count). The van der Waals surface area contributed by atoms with Crippen LogP contribution in [0.25, 0.3) is 0 Å². The summed E-state index contributed by atoms with van der Waals surface area (Å²) < 4.78 is 0. The Morgan fingerprint density at radius 3 is 2.71 bits per heavy atom. The summed E-state index contributed by atoms with van der Waals surface area (Å²) in [7, 11) is 0. The summed E-state index contributed by atoms with van der Waals surface area (Å²) in [4.78, 5) is 22.7. The Bertz CT molecular complexity index is 432. The second-order valence-electron chi connectivity index (χ2n) is 5.00. The van der Waals surface area contributed by atoms with E-state index in [1.54, 1.807) is 6.07 Å². The molecular weight excluding hydrogens is 216 g/mol. The monoisotopic (exact) mass is 234 g/mol. The summed E-state index contributed by atoms with van der Waals surface area (Å²) >= 11 is 0. The fraction of sp³-hybridized carbons (Fsp3) is 0.667. The van der Waals surface area contributed by atoms with E-state index in [2.05, 4.69) is 19.8 Å². The van der Waals surface area contributed by atoms with E-state index < -0.39 is 0 Å². The van der Waals surface area contributed by atoms with Gasteiger partial charge in [0.1, 0.15) is 5.82 Å². The standard InChI is InChI=1S/C12H18N4O/c17-12-7-11(13-9-14-12)16-5-3-15(4-6-16)8-10-1-2-10/h7,9-10H,1-6,8H2,(H,13,14,17). The van der Waals surface area contributed by atoms with Gasteiger partial charge >= 0.3 is 0 Å². The van der Waals surface area contributed by atoms with Gasteiger partial charge in [-0.05, 0) is 18.8 Å². The van der Waals surface area contributed by atoms with Gasteiger partial charge in [0.05, 0.1) is 6.33 Å². The van der Waals surface area contributed by atoms with Crippen molar-refractivity contribution in [1.29, 1.82) is 0 Å². The zero-order chi connectivity index (χ0) is 11.7. The van der Waals surface area contributed by atoms with Crippen LogP contribution in [0.15, 0.2) is 17.2 Å². The van der Waals surface area contributed by atoms with E-state index in [1.165, 1.54) is 25.7 Å². The molecule has 5 heteroatoms. The van der Waals surface area contributed by atoms with E-state index in [0.29, 0.717) is 0 Å². The highest BCUT2D eigenvalue weighted by Gasteiger charge is 2.26. The first kappa shape index (κ1) is 10.8. The molecule has 1 saturated heterocycles. The molecule has 2 aliphatic rings. The van der Waals surface area contributed by atoms with Crippen molar-refractivity contribution in [2.75, 3.05) is 37.6 Å². The molecule has 0 aromatic carbocycles.